The van der Waals surface area contributed by atoms with E-state index in [2.05, 4.69) is 5.32 Å². The van der Waals surface area contributed by atoms with Gasteiger partial charge in [-0.3, -0.25) is 9.59 Å². The third-order valence-electron chi connectivity index (χ3n) is 4.97. The summed E-state index contributed by atoms with van der Waals surface area (Å²) in [6, 6.07) is 13.2. The number of ether oxygens (including phenoxy) is 1. The van der Waals surface area contributed by atoms with Crippen molar-refractivity contribution < 1.29 is 14.3 Å². The number of hydrogen-bond donors (Lipinski definition) is 1. The van der Waals surface area contributed by atoms with Crippen molar-refractivity contribution in [2.24, 2.45) is 5.92 Å². The molecule has 0 bridgehead atoms. The van der Waals surface area contributed by atoms with E-state index in [9.17, 15) is 9.59 Å². The smallest absolute Gasteiger partial charge is 0.261 e. The maximum atomic E-state index is 13.1. The Morgan fingerprint density at radius 1 is 1.00 bits per heavy atom. The van der Waals surface area contributed by atoms with Crippen molar-refractivity contribution in [1.82, 2.24) is 10.2 Å². The van der Waals surface area contributed by atoms with Crippen LogP contribution in [-0.2, 0) is 16.1 Å². The van der Waals surface area contributed by atoms with Gasteiger partial charge in [0, 0.05) is 13.1 Å². The normalized spacial score (nSPS) is 11.8. The number of rotatable bonds is 9. The highest BCUT2D eigenvalue weighted by atomic mass is 16.5. The molecule has 0 unspecified atom stereocenters. The molecule has 0 fully saturated rings. The van der Waals surface area contributed by atoms with E-state index in [0.717, 1.165) is 22.3 Å². The second-order valence-corrected chi connectivity index (χ2v) is 8.38. The van der Waals surface area contributed by atoms with Crippen LogP contribution in [-0.4, -0.2) is 35.9 Å². The van der Waals surface area contributed by atoms with Crippen LogP contribution in [0.3, 0.4) is 0 Å². The molecule has 162 valence electrons. The van der Waals surface area contributed by atoms with Crippen LogP contribution >= 0.6 is 0 Å². The molecule has 2 aromatic carbocycles. The van der Waals surface area contributed by atoms with Crippen molar-refractivity contribution in [2.45, 2.75) is 54.1 Å². The van der Waals surface area contributed by atoms with E-state index >= 15 is 0 Å². The highest BCUT2D eigenvalue weighted by molar-refractivity contribution is 5.88. The summed E-state index contributed by atoms with van der Waals surface area (Å²) < 4.78 is 5.80. The van der Waals surface area contributed by atoms with Gasteiger partial charge in [0.25, 0.3) is 5.91 Å². The standard InChI is InChI=1S/C25H34N2O3/c1-17(2)14-26-25(29)21(6)27(15-22-9-7-8-18(3)13-22)24(28)16-30-23-11-10-19(4)12-20(23)5/h7-13,17,21H,14-16H2,1-6H3,(H,26,29)/t21-/m0/s1. The van der Waals surface area contributed by atoms with Gasteiger partial charge in [-0.25, -0.2) is 0 Å². The molecule has 2 aromatic rings. The minimum atomic E-state index is -0.598. The Morgan fingerprint density at radius 3 is 2.33 bits per heavy atom. The van der Waals surface area contributed by atoms with E-state index in [0.29, 0.717) is 24.8 Å². The average molecular weight is 411 g/mol. The lowest BCUT2D eigenvalue weighted by atomic mass is 10.1. The molecule has 0 saturated heterocycles. The Morgan fingerprint density at radius 2 is 1.70 bits per heavy atom. The number of carbonyl (C=O) groups is 2. The molecule has 30 heavy (non-hydrogen) atoms. The molecular formula is C25H34N2O3. The molecule has 2 rings (SSSR count). The van der Waals surface area contributed by atoms with Crippen LogP contribution in [0.15, 0.2) is 42.5 Å². The summed E-state index contributed by atoms with van der Waals surface area (Å²) in [6.45, 7) is 12.6. The van der Waals surface area contributed by atoms with Crippen molar-refractivity contribution >= 4 is 11.8 Å². The first-order chi connectivity index (χ1) is 14.2. The molecule has 0 aliphatic heterocycles. The van der Waals surface area contributed by atoms with E-state index in [1.165, 1.54) is 0 Å². The molecule has 5 heteroatoms. The number of aryl methyl sites for hydroxylation is 3. The number of nitrogens with one attached hydrogen (secondary N) is 1. The summed E-state index contributed by atoms with van der Waals surface area (Å²) in [4.78, 5) is 27.4. The number of amides is 2. The van der Waals surface area contributed by atoms with Gasteiger partial charge in [-0.2, -0.15) is 0 Å². The summed E-state index contributed by atoms with van der Waals surface area (Å²) in [6.07, 6.45) is 0. The van der Waals surface area contributed by atoms with E-state index in [1.807, 2.05) is 77.1 Å². The van der Waals surface area contributed by atoms with Gasteiger partial charge in [-0.15, -0.1) is 0 Å². The minimum absolute atomic E-state index is 0.114. The Kier molecular flexibility index (Phi) is 8.46. The van der Waals surface area contributed by atoms with Gasteiger partial charge >= 0.3 is 0 Å². The summed E-state index contributed by atoms with van der Waals surface area (Å²) in [7, 11) is 0. The lowest BCUT2D eigenvalue weighted by molar-refractivity contribution is -0.142. The Labute approximate surface area is 180 Å². The van der Waals surface area contributed by atoms with Crippen molar-refractivity contribution in [3.8, 4) is 5.75 Å². The first-order valence-corrected chi connectivity index (χ1v) is 10.5. The van der Waals surface area contributed by atoms with E-state index < -0.39 is 6.04 Å². The van der Waals surface area contributed by atoms with Crippen LogP contribution < -0.4 is 10.1 Å². The van der Waals surface area contributed by atoms with Crippen LogP contribution in [0.5, 0.6) is 5.75 Å². The molecule has 1 atom stereocenters. The van der Waals surface area contributed by atoms with Gasteiger partial charge in [0.05, 0.1) is 0 Å². The van der Waals surface area contributed by atoms with Crippen LogP contribution in [0.1, 0.15) is 43.0 Å². The minimum Gasteiger partial charge on any atom is -0.483 e. The van der Waals surface area contributed by atoms with Crippen molar-refractivity contribution in [3.05, 3.63) is 64.7 Å². The molecule has 2 amide bonds. The third kappa shape index (κ3) is 6.90. The molecule has 0 radical (unpaired) electrons. The van der Waals surface area contributed by atoms with Gasteiger partial charge in [0.2, 0.25) is 5.91 Å². The second kappa shape index (κ2) is 10.8. The Bertz CT molecular complexity index is 876. The highest BCUT2D eigenvalue weighted by Gasteiger charge is 2.26. The number of hydrogen-bond acceptors (Lipinski definition) is 3. The summed E-state index contributed by atoms with van der Waals surface area (Å²) >= 11 is 0. The zero-order valence-corrected chi connectivity index (χ0v) is 19.0. The van der Waals surface area contributed by atoms with Crippen molar-refractivity contribution in [3.63, 3.8) is 0 Å². The predicted molar refractivity (Wildman–Crippen MR) is 120 cm³/mol. The molecule has 0 heterocycles. The fourth-order valence-corrected chi connectivity index (χ4v) is 3.23. The third-order valence-corrected chi connectivity index (χ3v) is 4.97. The lowest BCUT2D eigenvalue weighted by Gasteiger charge is -2.29. The molecular weight excluding hydrogens is 376 g/mol. The zero-order valence-electron chi connectivity index (χ0n) is 19.0. The van der Waals surface area contributed by atoms with Crippen molar-refractivity contribution in [2.75, 3.05) is 13.2 Å². The molecule has 5 nitrogen and oxygen atoms in total. The lowest BCUT2D eigenvalue weighted by Crippen LogP contribution is -2.49. The largest absolute Gasteiger partial charge is 0.483 e. The second-order valence-electron chi connectivity index (χ2n) is 8.38. The predicted octanol–water partition coefficient (Wildman–Crippen LogP) is 4.18. The van der Waals surface area contributed by atoms with E-state index in [1.54, 1.807) is 11.8 Å². The molecule has 0 aliphatic carbocycles. The quantitative estimate of drug-likeness (QED) is 0.675. The van der Waals surface area contributed by atoms with Gasteiger partial charge in [0.1, 0.15) is 11.8 Å². The van der Waals surface area contributed by atoms with E-state index in [-0.39, 0.29) is 18.4 Å². The molecule has 0 aliphatic rings. The number of benzene rings is 2. The average Bonchev–Trinajstić information content (AvgIpc) is 2.68. The summed E-state index contributed by atoms with van der Waals surface area (Å²) in [5.41, 5.74) is 4.22. The van der Waals surface area contributed by atoms with Crippen LogP contribution in [0, 0.1) is 26.7 Å². The first-order valence-electron chi connectivity index (χ1n) is 10.5. The van der Waals surface area contributed by atoms with Crippen LogP contribution in [0.4, 0.5) is 0 Å². The number of nitrogens with zero attached hydrogens (tertiary/aromatic N) is 1. The number of carbonyl (C=O) groups excluding carboxylic acids is 2. The molecule has 0 aromatic heterocycles. The Hall–Kier alpha value is -2.82. The van der Waals surface area contributed by atoms with Gasteiger partial charge in [-0.1, -0.05) is 61.4 Å². The fourth-order valence-electron chi connectivity index (χ4n) is 3.23. The summed E-state index contributed by atoms with van der Waals surface area (Å²) in [5.74, 6) is 0.649. The molecule has 0 spiro atoms. The van der Waals surface area contributed by atoms with Crippen LogP contribution in [0.25, 0.3) is 0 Å². The fraction of sp³-hybridized carbons (Fsp3) is 0.440. The molecule has 0 saturated carbocycles. The maximum Gasteiger partial charge on any atom is 0.261 e. The SMILES string of the molecule is Cc1cccc(CN(C(=O)COc2ccc(C)cc2C)[C@@H](C)C(=O)NCC(C)C)c1. The Balaban J connectivity index is 2.15. The van der Waals surface area contributed by atoms with Gasteiger partial charge in [-0.05, 0) is 50.8 Å². The van der Waals surface area contributed by atoms with Gasteiger partial charge in [0.15, 0.2) is 6.61 Å². The van der Waals surface area contributed by atoms with E-state index in [4.69, 9.17) is 4.74 Å². The van der Waals surface area contributed by atoms with Crippen molar-refractivity contribution in [1.29, 1.82) is 0 Å². The van der Waals surface area contributed by atoms with Gasteiger partial charge < -0.3 is 15.0 Å². The topological polar surface area (TPSA) is 58.6 Å². The summed E-state index contributed by atoms with van der Waals surface area (Å²) in [5, 5.41) is 2.93. The zero-order chi connectivity index (χ0) is 22.3. The molecule has 1 N–H and O–H groups in total. The monoisotopic (exact) mass is 410 g/mol. The van der Waals surface area contributed by atoms with Crippen LogP contribution in [0.2, 0.25) is 0 Å². The highest BCUT2D eigenvalue weighted by Crippen LogP contribution is 2.19. The maximum absolute atomic E-state index is 13.1. The first kappa shape index (κ1) is 23.5.